The molecule has 0 heteroatoms. The van der Waals surface area contributed by atoms with Gasteiger partial charge in [-0.15, -0.1) is 0 Å². The van der Waals surface area contributed by atoms with Gasteiger partial charge in [-0.25, -0.2) is 0 Å². The first kappa shape index (κ1) is 33.6. The van der Waals surface area contributed by atoms with Crippen molar-refractivity contribution in [1.82, 2.24) is 0 Å². The van der Waals surface area contributed by atoms with Crippen LogP contribution in [0.5, 0.6) is 0 Å². The Hall–Kier alpha value is -1.56. The van der Waals surface area contributed by atoms with Gasteiger partial charge in [-0.3, -0.25) is 0 Å². The number of benzene rings is 1. The zero-order valence-electron chi connectivity index (χ0n) is 27.7. The second kappa shape index (κ2) is 14.9. The molecule has 1 aromatic rings. The number of hydrogen-bond donors (Lipinski definition) is 0. The molecule has 0 spiro atoms. The van der Waals surface area contributed by atoms with Crippen LogP contribution >= 0.6 is 0 Å². The minimum atomic E-state index is 0.219. The second-order valence-electron chi connectivity index (χ2n) is 15.0. The van der Waals surface area contributed by atoms with E-state index < -0.39 is 0 Å². The van der Waals surface area contributed by atoms with Crippen LogP contribution in [-0.4, -0.2) is 0 Å². The van der Waals surface area contributed by atoms with Crippen molar-refractivity contribution in [2.24, 2.45) is 28.6 Å². The molecule has 0 aromatic heterocycles. The van der Waals surface area contributed by atoms with Crippen LogP contribution in [0, 0.1) is 42.4 Å². The fourth-order valence-electron chi connectivity index (χ4n) is 7.22. The Kier molecular flexibility index (Phi) is 12.8. The Labute approximate surface area is 244 Å². The predicted octanol–water partition coefficient (Wildman–Crippen LogP) is 12.3. The fraction of sp³-hybridized carbons (Fsp3) is 0.692. The smallest absolute Gasteiger partial charge is 0.00851 e. The Morgan fingerprint density at radius 2 is 1.67 bits per heavy atom. The van der Waals surface area contributed by atoms with Crippen molar-refractivity contribution in [1.29, 1.82) is 0 Å². The third kappa shape index (κ3) is 10.1. The summed E-state index contributed by atoms with van der Waals surface area (Å²) < 4.78 is 0. The molecular weight excluding hydrogens is 468 g/mol. The Balaban J connectivity index is 2.25. The molecular formula is C39H64. The average molecular weight is 533 g/mol. The van der Waals surface area contributed by atoms with Crippen LogP contribution in [0.3, 0.4) is 0 Å². The maximum atomic E-state index is 4.78. The molecule has 1 aliphatic carbocycles. The number of rotatable bonds is 16. The van der Waals surface area contributed by atoms with E-state index in [1.54, 1.807) is 5.56 Å². The first-order valence-corrected chi connectivity index (χ1v) is 16.3. The van der Waals surface area contributed by atoms with Crippen molar-refractivity contribution in [2.45, 2.75) is 146 Å². The van der Waals surface area contributed by atoms with E-state index in [4.69, 9.17) is 6.58 Å². The van der Waals surface area contributed by atoms with E-state index in [9.17, 15) is 0 Å². The van der Waals surface area contributed by atoms with Crippen molar-refractivity contribution < 1.29 is 0 Å². The molecule has 0 N–H and O–H groups in total. The molecule has 0 saturated heterocycles. The molecule has 0 amide bonds. The van der Waals surface area contributed by atoms with Gasteiger partial charge in [0.05, 0.1) is 0 Å². The monoisotopic (exact) mass is 533 g/mol. The van der Waals surface area contributed by atoms with Gasteiger partial charge >= 0.3 is 0 Å². The third-order valence-electron chi connectivity index (χ3n) is 9.90. The Morgan fingerprint density at radius 1 is 1.03 bits per heavy atom. The zero-order chi connectivity index (χ0) is 29.4. The van der Waals surface area contributed by atoms with Gasteiger partial charge in [0.15, 0.2) is 0 Å². The van der Waals surface area contributed by atoms with E-state index in [0.29, 0.717) is 17.3 Å². The number of unbranched alkanes of at least 4 members (excludes halogenated alkanes) is 2. The second-order valence-corrected chi connectivity index (χ2v) is 15.0. The highest BCUT2D eigenvalue weighted by Gasteiger charge is 2.44. The number of hydrogen-bond acceptors (Lipinski definition) is 0. The summed E-state index contributed by atoms with van der Waals surface area (Å²) in [5.41, 5.74) is 10.9. The molecule has 3 atom stereocenters. The molecule has 1 aliphatic rings. The lowest BCUT2D eigenvalue weighted by Crippen LogP contribution is -2.32. The first-order valence-electron chi connectivity index (χ1n) is 16.3. The summed E-state index contributed by atoms with van der Waals surface area (Å²) in [7, 11) is 0. The highest BCUT2D eigenvalue weighted by Crippen LogP contribution is 2.54. The third-order valence-corrected chi connectivity index (χ3v) is 9.90. The molecule has 1 fully saturated rings. The van der Waals surface area contributed by atoms with Gasteiger partial charge < -0.3 is 0 Å². The van der Waals surface area contributed by atoms with Crippen molar-refractivity contribution >= 4 is 0 Å². The van der Waals surface area contributed by atoms with E-state index in [1.165, 1.54) is 91.2 Å². The summed E-state index contributed by atoms with van der Waals surface area (Å²) in [5.74, 6) is 1.83. The van der Waals surface area contributed by atoms with Gasteiger partial charge in [-0.2, -0.15) is 0 Å². The molecule has 0 heterocycles. The quantitative estimate of drug-likeness (QED) is 0.147. The van der Waals surface area contributed by atoms with Gasteiger partial charge in [0, 0.05) is 0 Å². The van der Waals surface area contributed by atoms with Crippen LogP contribution in [0.15, 0.2) is 48.6 Å². The molecule has 39 heavy (non-hydrogen) atoms. The van der Waals surface area contributed by atoms with E-state index in [2.05, 4.69) is 87.6 Å². The minimum absolute atomic E-state index is 0.219. The number of aryl methyl sites for hydroxylation is 3. The Morgan fingerprint density at radius 3 is 2.23 bits per heavy atom. The SMILES string of the molecule is C=C(CCC(C)C)CC(=C)C(Cc1c(C)cc(CCCCCC(C)(C)C)cc1C)C1CCC[C@]1(C)C(=C)CC. The van der Waals surface area contributed by atoms with Gasteiger partial charge in [0.2, 0.25) is 0 Å². The molecule has 220 valence electrons. The fourth-order valence-corrected chi connectivity index (χ4v) is 7.22. The molecule has 0 bridgehead atoms. The van der Waals surface area contributed by atoms with Crippen LogP contribution in [-0.2, 0) is 12.8 Å². The summed E-state index contributed by atoms with van der Waals surface area (Å²) in [5, 5.41) is 0. The molecule has 0 aliphatic heterocycles. The first-order chi connectivity index (χ1) is 18.2. The van der Waals surface area contributed by atoms with E-state index >= 15 is 0 Å². The minimum Gasteiger partial charge on any atom is -0.0995 e. The van der Waals surface area contributed by atoms with Crippen LogP contribution in [0.25, 0.3) is 0 Å². The van der Waals surface area contributed by atoms with Crippen molar-refractivity contribution in [3.8, 4) is 0 Å². The summed E-state index contributed by atoms with van der Waals surface area (Å²) in [6.07, 6.45) is 15.9. The van der Waals surface area contributed by atoms with Gasteiger partial charge in [0.1, 0.15) is 0 Å². The highest BCUT2D eigenvalue weighted by atomic mass is 14.5. The van der Waals surface area contributed by atoms with Gasteiger partial charge in [-0.1, -0.05) is 116 Å². The van der Waals surface area contributed by atoms with Crippen LogP contribution in [0.2, 0.25) is 0 Å². The molecule has 1 saturated carbocycles. The zero-order valence-corrected chi connectivity index (χ0v) is 27.7. The summed E-state index contributed by atoms with van der Waals surface area (Å²) in [4.78, 5) is 0. The molecule has 0 nitrogen and oxygen atoms in total. The van der Waals surface area contributed by atoms with E-state index in [0.717, 1.165) is 31.6 Å². The summed E-state index contributed by atoms with van der Waals surface area (Å²) in [6.45, 7) is 35.0. The topological polar surface area (TPSA) is 0 Å². The van der Waals surface area contributed by atoms with E-state index in [-0.39, 0.29) is 5.41 Å². The average Bonchev–Trinajstić information content (AvgIpc) is 3.23. The normalized spacial score (nSPS) is 20.4. The Bertz CT molecular complexity index is 941. The predicted molar refractivity (Wildman–Crippen MR) is 177 cm³/mol. The lowest BCUT2D eigenvalue weighted by molar-refractivity contribution is 0.210. The standard InChI is InChI=1S/C39H64/c1-13-33(8)39(12)23-17-19-37(39)36(30(5)24-29(4)21-20-28(2)3)27-35-31(6)25-34(26-32(35)7)18-15-14-16-22-38(9,10)11/h25-26,28,36-37H,4-5,8,13-24,27H2,1-3,6-7,9-12H3/t36?,37?,39-/m1/s1. The maximum absolute atomic E-state index is 4.78. The van der Waals surface area contributed by atoms with Gasteiger partial charge in [-0.05, 0) is 129 Å². The lowest BCUT2D eigenvalue weighted by atomic mass is 9.64. The van der Waals surface area contributed by atoms with Crippen molar-refractivity contribution in [3.05, 3.63) is 70.8 Å². The summed E-state index contributed by atoms with van der Waals surface area (Å²) in [6, 6.07) is 4.98. The summed E-state index contributed by atoms with van der Waals surface area (Å²) >= 11 is 0. The van der Waals surface area contributed by atoms with Crippen molar-refractivity contribution in [3.63, 3.8) is 0 Å². The molecule has 2 unspecified atom stereocenters. The maximum Gasteiger partial charge on any atom is -0.00851 e. The van der Waals surface area contributed by atoms with Crippen molar-refractivity contribution in [2.75, 3.05) is 0 Å². The molecule has 1 aromatic carbocycles. The number of allylic oxidation sites excluding steroid dienone is 3. The molecule has 2 rings (SSSR count). The van der Waals surface area contributed by atoms with Crippen LogP contribution < -0.4 is 0 Å². The van der Waals surface area contributed by atoms with E-state index in [1.807, 2.05) is 0 Å². The van der Waals surface area contributed by atoms with Gasteiger partial charge in [0.25, 0.3) is 0 Å². The largest absolute Gasteiger partial charge is 0.0995 e. The lowest BCUT2D eigenvalue weighted by Gasteiger charge is -2.40. The highest BCUT2D eigenvalue weighted by molar-refractivity contribution is 5.39. The van der Waals surface area contributed by atoms with Crippen LogP contribution in [0.4, 0.5) is 0 Å². The van der Waals surface area contributed by atoms with Crippen LogP contribution in [0.1, 0.15) is 141 Å². The molecule has 0 radical (unpaired) electrons.